The lowest BCUT2D eigenvalue weighted by molar-refractivity contribution is -0.00464. The maximum absolute atomic E-state index is 11.5. The Balaban J connectivity index is 2.78. The van der Waals surface area contributed by atoms with Crippen LogP contribution in [0, 0.1) is 5.92 Å². The van der Waals surface area contributed by atoms with Crippen LogP contribution in [0.15, 0.2) is 0 Å². The number of hydrogen-bond acceptors (Lipinski definition) is 4. The number of hydrogen-bond donors (Lipinski definition) is 1. The van der Waals surface area contributed by atoms with Crippen molar-refractivity contribution in [2.75, 3.05) is 19.5 Å². The van der Waals surface area contributed by atoms with E-state index in [4.69, 9.17) is 4.74 Å². The summed E-state index contributed by atoms with van der Waals surface area (Å²) >= 11 is 0. The van der Waals surface area contributed by atoms with E-state index in [1.54, 1.807) is 13.8 Å². The number of ether oxygens (including phenoxy) is 1. The Morgan fingerprint density at radius 3 is 2.20 bits per heavy atom. The van der Waals surface area contributed by atoms with Gasteiger partial charge in [0.05, 0.1) is 10.9 Å². The summed E-state index contributed by atoms with van der Waals surface area (Å²) in [6.07, 6.45) is 1.84. The molecule has 0 amide bonds. The molecule has 1 heterocycles. The minimum Gasteiger partial charge on any atom is -0.391 e. The Labute approximate surface area is 91.6 Å². The molecule has 1 rings (SSSR count). The maximum atomic E-state index is 11.5. The minimum atomic E-state index is -3.24. The summed E-state index contributed by atoms with van der Waals surface area (Å²) < 4.78 is 27.2. The van der Waals surface area contributed by atoms with Gasteiger partial charge in [-0.1, -0.05) is 0 Å². The first kappa shape index (κ1) is 12.9. The molecule has 0 saturated carbocycles. The number of aliphatic hydroxyl groups is 1. The van der Waals surface area contributed by atoms with Crippen LogP contribution in [0.4, 0.5) is 0 Å². The van der Waals surface area contributed by atoms with Crippen molar-refractivity contribution in [2.24, 2.45) is 5.92 Å². The zero-order valence-corrected chi connectivity index (χ0v) is 10.4. The van der Waals surface area contributed by atoms with Crippen molar-refractivity contribution >= 4 is 9.84 Å². The third-order valence-corrected chi connectivity index (χ3v) is 5.53. The van der Waals surface area contributed by atoms with Gasteiger partial charge in [0, 0.05) is 19.5 Å². The molecule has 1 aliphatic heterocycles. The van der Waals surface area contributed by atoms with Crippen LogP contribution in [0.2, 0.25) is 0 Å². The molecule has 15 heavy (non-hydrogen) atoms. The van der Waals surface area contributed by atoms with Crippen LogP contribution in [-0.2, 0) is 14.6 Å². The minimum absolute atomic E-state index is 0.0310. The molecule has 0 spiro atoms. The Hall–Kier alpha value is -0.130. The summed E-state index contributed by atoms with van der Waals surface area (Å²) in [5.41, 5.74) is 0. The van der Waals surface area contributed by atoms with E-state index in [2.05, 4.69) is 0 Å². The SMILES string of the molecule is CC(C)(C(O)C1CCOCC1)S(C)(=O)=O. The van der Waals surface area contributed by atoms with Crippen LogP contribution in [0.25, 0.3) is 0 Å². The van der Waals surface area contributed by atoms with Gasteiger partial charge in [-0.3, -0.25) is 0 Å². The molecule has 90 valence electrons. The Morgan fingerprint density at radius 2 is 1.80 bits per heavy atom. The fraction of sp³-hybridized carbons (Fsp3) is 1.00. The van der Waals surface area contributed by atoms with E-state index >= 15 is 0 Å². The van der Waals surface area contributed by atoms with Gasteiger partial charge in [0.15, 0.2) is 9.84 Å². The predicted molar refractivity (Wildman–Crippen MR) is 58.5 cm³/mol. The molecule has 0 aliphatic carbocycles. The predicted octanol–water partition coefficient (Wildman–Crippen LogP) is 0.597. The summed E-state index contributed by atoms with van der Waals surface area (Å²) in [5, 5.41) is 10.1. The quantitative estimate of drug-likeness (QED) is 0.779. The van der Waals surface area contributed by atoms with Crippen molar-refractivity contribution in [1.82, 2.24) is 0 Å². The van der Waals surface area contributed by atoms with Crippen molar-refractivity contribution in [3.8, 4) is 0 Å². The lowest BCUT2D eigenvalue weighted by Gasteiger charge is -2.36. The van der Waals surface area contributed by atoms with Crippen LogP contribution in [-0.4, -0.2) is 43.8 Å². The molecule has 1 fully saturated rings. The van der Waals surface area contributed by atoms with Gasteiger partial charge in [-0.25, -0.2) is 8.42 Å². The molecule has 1 saturated heterocycles. The number of rotatable bonds is 3. The maximum Gasteiger partial charge on any atom is 0.155 e. The second-order valence-corrected chi connectivity index (χ2v) is 7.37. The molecular formula is C10H20O4S. The Morgan fingerprint density at radius 1 is 1.33 bits per heavy atom. The molecule has 4 nitrogen and oxygen atoms in total. The van der Waals surface area contributed by atoms with Crippen molar-refractivity contribution < 1.29 is 18.3 Å². The summed E-state index contributed by atoms with van der Waals surface area (Å²) in [6, 6.07) is 0. The second-order valence-electron chi connectivity index (χ2n) is 4.77. The van der Waals surface area contributed by atoms with E-state index in [0.717, 1.165) is 12.8 Å². The van der Waals surface area contributed by atoms with Crippen LogP contribution in [0.3, 0.4) is 0 Å². The molecule has 1 atom stereocenters. The molecule has 1 unspecified atom stereocenters. The summed E-state index contributed by atoms with van der Waals surface area (Å²) in [6.45, 7) is 4.40. The molecule has 0 radical (unpaired) electrons. The van der Waals surface area contributed by atoms with Crippen LogP contribution in [0.1, 0.15) is 26.7 Å². The first-order chi connectivity index (χ1) is 6.77. The zero-order valence-electron chi connectivity index (χ0n) is 9.56. The van der Waals surface area contributed by atoms with Crippen LogP contribution < -0.4 is 0 Å². The van der Waals surface area contributed by atoms with Crippen molar-refractivity contribution in [3.05, 3.63) is 0 Å². The summed E-state index contributed by atoms with van der Waals surface area (Å²) in [7, 11) is -3.24. The van der Waals surface area contributed by atoms with Gasteiger partial charge < -0.3 is 9.84 Å². The molecule has 0 aromatic rings. The first-order valence-electron chi connectivity index (χ1n) is 5.22. The second kappa shape index (κ2) is 4.39. The molecular weight excluding hydrogens is 216 g/mol. The third kappa shape index (κ3) is 2.71. The van der Waals surface area contributed by atoms with E-state index in [0.29, 0.717) is 13.2 Å². The third-order valence-electron chi connectivity index (χ3n) is 3.38. The Bertz CT molecular complexity index is 301. The molecule has 0 aromatic carbocycles. The van der Waals surface area contributed by atoms with Gasteiger partial charge in [0.2, 0.25) is 0 Å². The normalized spacial score (nSPS) is 22.7. The highest BCUT2D eigenvalue weighted by atomic mass is 32.2. The average molecular weight is 236 g/mol. The zero-order chi connectivity index (χ0) is 11.7. The van der Waals surface area contributed by atoms with E-state index in [-0.39, 0.29) is 5.92 Å². The molecule has 1 N–H and O–H groups in total. The monoisotopic (exact) mass is 236 g/mol. The number of aliphatic hydroxyl groups excluding tert-OH is 1. The smallest absolute Gasteiger partial charge is 0.155 e. The van der Waals surface area contributed by atoms with E-state index in [9.17, 15) is 13.5 Å². The molecule has 5 heteroatoms. The highest BCUT2D eigenvalue weighted by molar-refractivity contribution is 7.92. The van der Waals surface area contributed by atoms with Gasteiger partial charge in [-0.05, 0) is 32.6 Å². The van der Waals surface area contributed by atoms with Gasteiger partial charge in [0.1, 0.15) is 0 Å². The molecule has 1 aliphatic rings. The highest BCUT2D eigenvalue weighted by Crippen LogP contribution is 2.30. The highest BCUT2D eigenvalue weighted by Gasteiger charge is 2.42. The van der Waals surface area contributed by atoms with Crippen molar-refractivity contribution in [2.45, 2.75) is 37.5 Å². The average Bonchev–Trinajstić information content (AvgIpc) is 2.16. The van der Waals surface area contributed by atoms with Crippen molar-refractivity contribution in [1.29, 1.82) is 0 Å². The van der Waals surface area contributed by atoms with Gasteiger partial charge in [-0.2, -0.15) is 0 Å². The lowest BCUT2D eigenvalue weighted by Crippen LogP contribution is -2.48. The van der Waals surface area contributed by atoms with E-state index in [1.807, 2.05) is 0 Å². The van der Waals surface area contributed by atoms with Crippen LogP contribution in [0.5, 0.6) is 0 Å². The summed E-state index contributed by atoms with van der Waals surface area (Å²) in [4.78, 5) is 0. The fourth-order valence-corrected chi connectivity index (χ4v) is 2.45. The van der Waals surface area contributed by atoms with Crippen molar-refractivity contribution in [3.63, 3.8) is 0 Å². The number of sulfone groups is 1. The molecule has 0 aromatic heterocycles. The van der Waals surface area contributed by atoms with Crippen LogP contribution >= 0.6 is 0 Å². The summed E-state index contributed by atoms with van der Waals surface area (Å²) in [5.74, 6) is 0.0310. The van der Waals surface area contributed by atoms with Gasteiger partial charge in [0.25, 0.3) is 0 Å². The van der Waals surface area contributed by atoms with E-state index in [1.165, 1.54) is 6.26 Å². The molecule has 0 bridgehead atoms. The standard InChI is InChI=1S/C10H20O4S/c1-10(2,15(3,12)13)9(11)8-4-6-14-7-5-8/h8-9,11H,4-7H2,1-3H3. The first-order valence-corrected chi connectivity index (χ1v) is 7.11. The fourth-order valence-electron chi connectivity index (χ4n) is 1.82. The van der Waals surface area contributed by atoms with Gasteiger partial charge in [-0.15, -0.1) is 0 Å². The van der Waals surface area contributed by atoms with E-state index < -0.39 is 20.7 Å². The Kier molecular flexibility index (Phi) is 3.79. The largest absolute Gasteiger partial charge is 0.391 e. The van der Waals surface area contributed by atoms with Gasteiger partial charge >= 0.3 is 0 Å². The topological polar surface area (TPSA) is 63.6 Å². The lowest BCUT2D eigenvalue weighted by atomic mass is 9.87.